The van der Waals surface area contributed by atoms with Gasteiger partial charge in [0.25, 0.3) is 0 Å². The zero-order valence-electron chi connectivity index (χ0n) is 11.8. The smallest absolute Gasteiger partial charge is 0.321 e. The van der Waals surface area contributed by atoms with Crippen LogP contribution >= 0.6 is 0 Å². The summed E-state index contributed by atoms with van der Waals surface area (Å²) in [7, 11) is 4.05. The van der Waals surface area contributed by atoms with Gasteiger partial charge < -0.3 is 15.1 Å². The molecule has 1 saturated heterocycles. The Balaban J connectivity index is 1.79. The summed E-state index contributed by atoms with van der Waals surface area (Å²) < 4.78 is 0. The minimum absolute atomic E-state index is 0.0320. The molecule has 2 fully saturated rings. The number of rotatable bonds is 3. The second-order valence-corrected chi connectivity index (χ2v) is 5.76. The second-order valence-electron chi connectivity index (χ2n) is 5.76. The highest BCUT2D eigenvalue weighted by Gasteiger charge is 2.25. The second kappa shape index (κ2) is 5.74. The largest absolute Gasteiger partial charge is 0.325 e. The van der Waals surface area contributed by atoms with Crippen molar-refractivity contribution in [2.24, 2.45) is 5.92 Å². The molecule has 102 valence electrons. The number of amides is 2. The number of nitrogens with one attached hydrogen (secondary N) is 1. The Morgan fingerprint density at radius 2 is 1.89 bits per heavy atom. The molecular weight excluding hydrogens is 226 g/mol. The summed E-state index contributed by atoms with van der Waals surface area (Å²) in [5.74, 6) is 0.721. The predicted molar refractivity (Wildman–Crippen MR) is 73.3 cm³/mol. The van der Waals surface area contributed by atoms with Gasteiger partial charge in [0.1, 0.15) is 0 Å². The van der Waals surface area contributed by atoms with Crippen LogP contribution in [0.15, 0.2) is 11.8 Å². The van der Waals surface area contributed by atoms with Crippen molar-refractivity contribution in [1.82, 2.24) is 15.1 Å². The topological polar surface area (TPSA) is 35.6 Å². The first-order valence-electron chi connectivity index (χ1n) is 6.96. The summed E-state index contributed by atoms with van der Waals surface area (Å²) in [5.41, 5.74) is 1.31. The van der Waals surface area contributed by atoms with Gasteiger partial charge in [-0.15, -0.1) is 0 Å². The van der Waals surface area contributed by atoms with Crippen molar-refractivity contribution in [2.75, 3.05) is 27.2 Å². The molecule has 2 rings (SSSR count). The number of carbonyl (C=O) groups is 1. The summed E-state index contributed by atoms with van der Waals surface area (Å²) in [6.45, 7) is 4.27. The first-order chi connectivity index (χ1) is 8.58. The zero-order chi connectivity index (χ0) is 13.1. The van der Waals surface area contributed by atoms with Crippen LogP contribution in [0.4, 0.5) is 4.79 Å². The molecule has 1 aliphatic heterocycles. The normalized spacial score (nSPS) is 22.9. The summed E-state index contributed by atoms with van der Waals surface area (Å²) in [6, 6.07) is 0.417. The summed E-state index contributed by atoms with van der Waals surface area (Å²) in [6.07, 6.45) is 6.61. The van der Waals surface area contributed by atoms with Gasteiger partial charge in [-0.05, 0) is 58.7 Å². The van der Waals surface area contributed by atoms with Crippen LogP contribution in [0.1, 0.15) is 32.6 Å². The zero-order valence-corrected chi connectivity index (χ0v) is 11.8. The molecule has 0 unspecified atom stereocenters. The number of allylic oxidation sites excluding steroid dienone is 1. The van der Waals surface area contributed by atoms with E-state index in [0.717, 1.165) is 31.8 Å². The Kier molecular flexibility index (Phi) is 4.27. The van der Waals surface area contributed by atoms with E-state index in [-0.39, 0.29) is 6.03 Å². The van der Waals surface area contributed by atoms with Gasteiger partial charge in [0, 0.05) is 19.3 Å². The van der Waals surface area contributed by atoms with Gasteiger partial charge in [0.15, 0.2) is 0 Å². The molecular formula is C14H25N3O. The first kappa shape index (κ1) is 13.4. The van der Waals surface area contributed by atoms with Crippen molar-refractivity contribution in [3.8, 4) is 0 Å². The molecule has 4 heteroatoms. The lowest BCUT2D eigenvalue weighted by Crippen LogP contribution is -2.47. The third-order valence-electron chi connectivity index (χ3n) is 4.20. The Labute approximate surface area is 110 Å². The van der Waals surface area contributed by atoms with Gasteiger partial charge >= 0.3 is 6.03 Å². The number of likely N-dealkylation sites (tertiary alicyclic amines) is 1. The van der Waals surface area contributed by atoms with Crippen molar-refractivity contribution >= 4 is 6.03 Å². The molecule has 1 heterocycles. The van der Waals surface area contributed by atoms with Crippen LogP contribution in [0.2, 0.25) is 0 Å². The van der Waals surface area contributed by atoms with Crippen LogP contribution in [0.25, 0.3) is 0 Å². The van der Waals surface area contributed by atoms with Crippen LogP contribution in [-0.4, -0.2) is 49.1 Å². The SMILES string of the molecule is C/C(=C\NC(=O)N(C)C1CCN(C)CC1)C1CC1. The average Bonchev–Trinajstić information content (AvgIpc) is 3.20. The minimum atomic E-state index is 0.0320. The number of carbonyl (C=O) groups excluding carboxylic acids is 1. The minimum Gasteiger partial charge on any atom is -0.325 e. The van der Waals surface area contributed by atoms with Crippen LogP contribution in [0.5, 0.6) is 0 Å². The Morgan fingerprint density at radius 3 is 2.44 bits per heavy atom. The average molecular weight is 251 g/mol. The standard InChI is InChI=1S/C14H25N3O/c1-11(12-4-5-12)10-15-14(18)17(3)13-6-8-16(2)9-7-13/h10,12-13H,4-9H2,1-3H3,(H,15,18)/b11-10+. The maximum atomic E-state index is 12.0. The summed E-state index contributed by atoms with van der Waals surface area (Å²) in [4.78, 5) is 16.2. The Morgan fingerprint density at radius 1 is 1.28 bits per heavy atom. The first-order valence-corrected chi connectivity index (χ1v) is 6.96. The van der Waals surface area contributed by atoms with Crippen molar-refractivity contribution in [3.63, 3.8) is 0 Å². The van der Waals surface area contributed by atoms with E-state index in [1.807, 2.05) is 18.1 Å². The van der Waals surface area contributed by atoms with Crippen LogP contribution in [-0.2, 0) is 0 Å². The number of urea groups is 1. The molecule has 18 heavy (non-hydrogen) atoms. The van der Waals surface area contributed by atoms with Gasteiger partial charge in [-0.1, -0.05) is 5.57 Å². The van der Waals surface area contributed by atoms with Gasteiger partial charge in [-0.25, -0.2) is 4.79 Å². The van der Waals surface area contributed by atoms with E-state index in [0.29, 0.717) is 6.04 Å². The summed E-state index contributed by atoms with van der Waals surface area (Å²) >= 11 is 0. The highest BCUT2D eigenvalue weighted by atomic mass is 16.2. The highest BCUT2D eigenvalue weighted by Crippen LogP contribution is 2.35. The van der Waals surface area contributed by atoms with Gasteiger partial charge in [0.2, 0.25) is 0 Å². The van der Waals surface area contributed by atoms with Crippen molar-refractivity contribution < 1.29 is 4.79 Å². The fourth-order valence-electron chi connectivity index (χ4n) is 2.48. The van der Waals surface area contributed by atoms with Crippen molar-refractivity contribution in [3.05, 3.63) is 11.8 Å². The molecule has 1 aliphatic carbocycles. The lowest BCUT2D eigenvalue weighted by Gasteiger charge is -2.34. The van der Waals surface area contributed by atoms with E-state index in [1.54, 1.807) is 0 Å². The van der Waals surface area contributed by atoms with E-state index in [2.05, 4.69) is 24.2 Å². The molecule has 0 bridgehead atoms. The fourth-order valence-corrected chi connectivity index (χ4v) is 2.48. The van der Waals surface area contributed by atoms with E-state index < -0.39 is 0 Å². The van der Waals surface area contributed by atoms with Crippen LogP contribution < -0.4 is 5.32 Å². The Hall–Kier alpha value is -1.03. The number of hydrogen-bond acceptors (Lipinski definition) is 2. The molecule has 0 spiro atoms. The molecule has 0 aromatic heterocycles. The number of nitrogens with zero attached hydrogens (tertiary/aromatic N) is 2. The van der Waals surface area contributed by atoms with E-state index in [9.17, 15) is 4.79 Å². The number of hydrogen-bond donors (Lipinski definition) is 1. The lowest BCUT2D eigenvalue weighted by molar-refractivity contribution is 0.150. The summed E-state index contributed by atoms with van der Waals surface area (Å²) in [5, 5.41) is 2.92. The molecule has 2 aliphatic rings. The fraction of sp³-hybridized carbons (Fsp3) is 0.786. The van der Waals surface area contributed by atoms with Gasteiger partial charge in [-0.3, -0.25) is 0 Å². The molecule has 0 aromatic rings. The quantitative estimate of drug-likeness (QED) is 0.833. The molecule has 1 saturated carbocycles. The van der Waals surface area contributed by atoms with E-state index in [1.165, 1.54) is 18.4 Å². The molecule has 1 N–H and O–H groups in total. The maximum absolute atomic E-state index is 12.0. The van der Waals surface area contributed by atoms with Crippen LogP contribution in [0.3, 0.4) is 0 Å². The lowest BCUT2D eigenvalue weighted by atomic mass is 10.0. The maximum Gasteiger partial charge on any atom is 0.321 e. The van der Waals surface area contributed by atoms with E-state index in [4.69, 9.17) is 0 Å². The van der Waals surface area contributed by atoms with Crippen LogP contribution in [0, 0.1) is 5.92 Å². The molecule has 0 atom stereocenters. The van der Waals surface area contributed by atoms with Gasteiger partial charge in [0.05, 0.1) is 0 Å². The highest BCUT2D eigenvalue weighted by molar-refractivity contribution is 5.75. The third-order valence-corrected chi connectivity index (χ3v) is 4.20. The molecule has 0 aromatic carbocycles. The molecule has 0 radical (unpaired) electrons. The Bertz CT molecular complexity index is 328. The predicted octanol–water partition coefficient (Wildman–Crippen LogP) is 2.04. The molecule has 2 amide bonds. The number of piperidine rings is 1. The molecule has 4 nitrogen and oxygen atoms in total. The monoisotopic (exact) mass is 251 g/mol. The third kappa shape index (κ3) is 3.48. The van der Waals surface area contributed by atoms with Crippen molar-refractivity contribution in [1.29, 1.82) is 0 Å². The van der Waals surface area contributed by atoms with Gasteiger partial charge in [-0.2, -0.15) is 0 Å². The van der Waals surface area contributed by atoms with E-state index >= 15 is 0 Å². The van der Waals surface area contributed by atoms with Crippen molar-refractivity contribution in [2.45, 2.75) is 38.6 Å².